The number of likely N-dealkylation sites (tertiary alicyclic amines) is 1. The second kappa shape index (κ2) is 11.3. The fraction of sp³-hybridized carbons (Fsp3) is 0.435. The summed E-state index contributed by atoms with van der Waals surface area (Å²) in [6.07, 6.45) is 1.23. The van der Waals surface area contributed by atoms with Crippen LogP contribution in [0.15, 0.2) is 35.0 Å². The molecule has 1 aliphatic heterocycles. The molecule has 3 amide bonds. The molecule has 7 nitrogen and oxygen atoms in total. The first kappa shape index (κ1) is 24.1. The fourth-order valence-corrected chi connectivity index (χ4v) is 4.53. The van der Waals surface area contributed by atoms with Crippen molar-refractivity contribution < 1.29 is 19.1 Å². The number of benzene rings is 1. The number of piperidine rings is 1. The van der Waals surface area contributed by atoms with Crippen LogP contribution in [0.5, 0.6) is 5.75 Å². The van der Waals surface area contributed by atoms with Crippen molar-refractivity contribution in [1.29, 1.82) is 0 Å². The van der Waals surface area contributed by atoms with Gasteiger partial charge in [0.2, 0.25) is 5.91 Å². The molecule has 3 rings (SSSR count). The van der Waals surface area contributed by atoms with Crippen LogP contribution in [0.25, 0.3) is 0 Å². The summed E-state index contributed by atoms with van der Waals surface area (Å²) in [5, 5.41) is 6.95. The molecular weight excluding hydrogens is 450 g/mol. The van der Waals surface area contributed by atoms with E-state index in [2.05, 4.69) is 5.32 Å². The first-order valence-electron chi connectivity index (χ1n) is 10.7. The summed E-state index contributed by atoms with van der Waals surface area (Å²) < 4.78 is 5.55. The Hall–Kier alpha value is -2.58. The number of hydrogen-bond acceptors (Lipinski definition) is 5. The van der Waals surface area contributed by atoms with E-state index in [1.165, 1.54) is 11.3 Å². The summed E-state index contributed by atoms with van der Waals surface area (Å²) in [6.45, 7) is 6.10. The number of amides is 3. The third-order valence-corrected chi connectivity index (χ3v) is 6.57. The first-order chi connectivity index (χ1) is 15.4. The maximum absolute atomic E-state index is 12.7. The number of hydrogen-bond donors (Lipinski definition) is 1. The van der Waals surface area contributed by atoms with Gasteiger partial charge < -0.3 is 19.9 Å². The minimum atomic E-state index is -0.164. The molecule has 0 unspecified atom stereocenters. The Labute approximate surface area is 197 Å². The molecule has 0 bridgehead atoms. The van der Waals surface area contributed by atoms with Gasteiger partial charge in [0.25, 0.3) is 11.8 Å². The molecule has 0 aliphatic carbocycles. The van der Waals surface area contributed by atoms with Gasteiger partial charge in [0.1, 0.15) is 5.75 Å². The van der Waals surface area contributed by atoms with Gasteiger partial charge in [-0.15, -0.1) is 0 Å². The molecule has 2 aromatic rings. The minimum absolute atomic E-state index is 0.0203. The molecule has 32 heavy (non-hydrogen) atoms. The molecule has 9 heteroatoms. The molecule has 1 aliphatic rings. The van der Waals surface area contributed by atoms with Gasteiger partial charge in [-0.2, -0.15) is 11.3 Å². The average Bonchev–Trinajstić information content (AvgIpc) is 3.34. The molecule has 0 atom stereocenters. The van der Waals surface area contributed by atoms with Gasteiger partial charge in [-0.25, -0.2) is 0 Å². The lowest BCUT2D eigenvalue weighted by atomic mass is 9.95. The van der Waals surface area contributed by atoms with Crippen molar-refractivity contribution in [2.75, 3.05) is 38.1 Å². The number of rotatable bonds is 8. The highest BCUT2D eigenvalue weighted by Gasteiger charge is 2.28. The van der Waals surface area contributed by atoms with Gasteiger partial charge in [0.05, 0.1) is 10.6 Å². The number of ether oxygens (including phenoxy) is 1. The Morgan fingerprint density at radius 3 is 2.50 bits per heavy atom. The van der Waals surface area contributed by atoms with E-state index in [4.69, 9.17) is 16.3 Å². The van der Waals surface area contributed by atoms with Gasteiger partial charge in [-0.1, -0.05) is 11.6 Å². The van der Waals surface area contributed by atoms with E-state index in [-0.39, 0.29) is 30.2 Å². The minimum Gasteiger partial charge on any atom is -0.482 e. The molecule has 0 radical (unpaired) electrons. The van der Waals surface area contributed by atoms with Gasteiger partial charge in [0.15, 0.2) is 6.61 Å². The maximum Gasteiger partial charge on any atom is 0.260 e. The Morgan fingerprint density at radius 1 is 1.19 bits per heavy atom. The highest BCUT2D eigenvalue weighted by atomic mass is 35.5. The Balaban J connectivity index is 1.49. The lowest BCUT2D eigenvalue weighted by molar-refractivity contribution is -0.133. The highest BCUT2D eigenvalue weighted by molar-refractivity contribution is 7.08. The van der Waals surface area contributed by atoms with Crippen LogP contribution in [0.3, 0.4) is 0 Å². The van der Waals surface area contributed by atoms with E-state index >= 15 is 0 Å². The quantitative estimate of drug-likeness (QED) is 0.619. The highest BCUT2D eigenvalue weighted by Crippen LogP contribution is 2.29. The molecule has 0 saturated carbocycles. The molecule has 1 aromatic carbocycles. The molecule has 172 valence electrons. The van der Waals surface area contributed by atoms with E-state index in [9.17, 15) is 14.4 Å². The normalized spacial score (nSPS) is 14.2. The van der Waals surface area contributed by atoms with E-state index in [0.29, 0.717) is 61.0 Å². The van der Waals surface area contributed by atoms with E-state index in [0.717, 1.165) is 0 Å². The molecule has 1 N–H and O–H groups in total. The van der Waals surface area contributed by atoms with Gasteiger partial charge in [-0.3, -0.25) is 14.4 Å². The Bertz CT molecular complexity index is 939. The summed E-state index contributed by atoms with van der Waals surface area (Å²) in [5.41, 5.74) is 1.27. The van der Waals surface area contributed by atoms with Crippen molar-refractivity contribution in [3.05, 3.63) is 45.6 Å². The Morgan fingerprint density at radius 2 is 1.91 bits per heavy atom. The van der Waals surface area contributed by atoms with Crippen LogP contribution >= 0.6 is 22.9 Å². The number of nitrogens with zero attached hydrogens (tertiary/aromatic N) is 2. The molecule has 0 spiro atoms. The van der Waals surface area contributed by atoms with E-state index in [1.54, 1.807) is 28.0 Å². The van der Waals surface area contributed by atoms with Crippen LogP contribution in [-0.4, -0.2) is 60.3 Å². The van der Waals surface area contributed by atoms with Gasteiger partial charge in [0, 0.05) is 43.2 Å². The predicted molar refractivity (Wildman–Crippen MR) is 126 cm³/mol. The van der Waals surface area contributed by atoms with Crippen LogP contribution in [0.1, 0.15) is 37.0 Å². The first-order valence-corrected chi connectivity index (χ1v) is 12.1. The number of nitrogens with one attached hydrogen (secondary N) is 1. The van der Waals surface area contributed by atoms with Crippen LogP contribution in [0.4, 0.5) is 5.69 Å². The monoisotopic (exact) mass is 477 g/mol. The number of thiophene rings is 1. The van der Waals surface area contributed by atoms with Crippen LogP contribution in [0, 0.1) is 5.92 Å². The summed E-state index contributed by atoms with van der Waals surface area (Å²) in [5.74, 6) is 0.0571. The van der Waals surface area contributed by atoms with Crippen molar-refractivity contribution in [1.82, 2.24) is 9.80 Å². The summed E-state index contributed by atoms with van der Waals surface area (Å²) in [6, 6.07) is 6.79. The molecule has 2 heterocycles. The van der Waals surface area contributed by atoms with E-state index < -0.39 is 0 Å². The summed E-state index contributed by atoms with van der Waals surface area (Å²) in [4.78, 5) is 40.7. The zero-order chi connectivity index (χ0) is 23.1. The van der Waals surface area contributed by atoms with E-state index in [1.807, 2.05) is 30.7 Å². The van der Waals surface area contributed by atoms with Crippen molar-refractivity contribution in [3.63, 3.8) is 0 Å². The molecule has 1 aromatic heterocycles. The van der Waals surface area contributed by atoms with Crippen LogP contribution < -0.4 is 10.1 Å². The smallest absolute Gasteiger partial charge is 0.260 e. The predicted octanol–water partition coefficient (Wildman–Crippen LogP) is 4.14. The lowest BCUT2D eigenvalue weighted by Gasteiger charge is -2.31. The molecule has 1 saturated heterocycles. The van der Waals surface area contributed by atoms with Crippen LogP contribution in [0.2, 0.25) is 5.02 Å². The number of halogens is 1. The van der Waals surface area contributed by atoms with Crippen molar-refractivity contribution in [2.45, 2.75) is 26.7 Å². The average molecular weight is 478 g/mol. The zero-order valence-electron chi connectivity index (χ0n) is 18.3. The lowest BCUT2D eigenvalue weighted by Crippen LogP contribution is -2.41. The van der Waals surface area contributed by atoms with Gasteiger partial charge >= 0.3 is 0 Å². The fourth-order valence-electron chi connectivity index (χ4n) is 3.66. The number of likely N-dealkylation sites (N-methyl/N-ethyl adjacent to an activating group) is 1. The number of carbonyl (C=O) groups is 3. The summed E-state index contributed by atoms with van der Waals surface area (Å²) >= 11 is 7.79. The van der Waals surface area contributed by atoms with Crippen molar-refractivity contribution in [3.8, 4) is 5.75 Å². The third kappa shape index (κ3) is 6.01. The third-order valence-electron chi connectivity index (χ3n) is 5.59. The van der Waals surface area contributed by atoms with Crippen molar-refractivity contribution in [2.24, 2.45) is 5.92 Å². The van der Waals surface area contributed by atoms with Gasteiger partial charge in [-0.05, 0) is 56.3 Å². The maximum atomic E-state index is 12.7. The second-order valence-electron chi connectivity index (χ2n) is 7.57. The van der Waals surface area contributed by atoms with Crippen LogP contribution in [-0.2, 0) is 9.59 Å². The standard InChI is InChI=1S/C23H28ClN3O4S/c1-3-26(4-2)21(28)14-31-20-6-5-18(13-19(20)24)25-22(29)16-7-10-27(11-8-16)23(30)17-9-12-32-15-17/h5-6,9,12-13,15-16H,3-4,7-8,10-11,14H2,1-2H3,(H,25,29). The summed E-state index contributed by atoms with van der Waals surface area (Å²) in [7, 11) is 0. The molecular formula is C23H28ClN3O4S. The second-order valence-corrected chi connectivity index (χ2v) is 8.75. The largest absolute Gasteiger partial charge is 0.482 e. The number of anilines is 1. The Kier molecular flexibility index (Phi) is 8.53. The number of carbonyl (C=O) groups excluding carboxylic acids is 3. The zero-order valence-corrected chi connectivity index (χ0v) is 19.9. The molecule has 1 fully saturated rings. The SMILES string of the molecule is CCN(CC)C(=O)COc1ccc(NC(=O)C2CCN(C(=O)c3ccsc3)CC2)cc1Cl. The van der Waals surface area contributed by atoms with Crippen molar-refractivity contribution >= 4 is 46.3 Å². The topological polar surface area (TPSA) is 79.0 Å².